The molecule has 4 heteroatoms. The van der Waals surface area contributed by atoms with Crippen molar-refractivity contribution < 1.29 is 4.79 Å². The molecule has 0 unspecified atom stereocenters. The van der Waals surface area contributed by atoms with E-state index in [9.17, 15) is 4.79 Å². The molecule has 0 saturated carbocycles. The largest absolute Gasteiger partial charge is 0.325 e. The zero-order chi connectivity index (χ0) is 14.4. The smallest absolute Gasteiger partial charge is 0.226 e. The molecule has 0 aromatic carbocycles. The van der Waals surface area contributed by atoms with Gasteiger partial charge in [-0.1, -0.05) is 32.8 Å². The van der Waals surface area contributed by atoms with Crippen LogP contribution < -0.4 is 0 Å². The SMILES string of the molecule is CCCC[C@H](CC)C(=O)N1CCS[C@@H]1c1cccnc1. The third kappa shape index (κ3) is 3.54. The van der Waals surface area contributed by atoms with E-state index in [1.54, 1.807) is 6.20 Å². The summed E-state index contributed by atoms with van der Waals surface area (Å²) in [4.78, 5) is 19.0. The number of nitrogens with zero attached hydrogens (tertiary/aromatic N) is 2. The fraction of sp³-hybridized carbons (Fsp3) is 0.625. The van der Waals surface area contributed by atoms with Gasteiger partial charge in [0.05, 0.1) is 0 Å². The van der Waals surface area contributed by atoms with Crippen molar-refractivity contribution in [3.63, 3.8) is 0 Å². The molecule has 1 fully saturated rings. The first-order valence-corrected chi connectivity index (χ1v) is 8.64. The fourth-order valence-corrected chi connectivity index (χ4v) is 3.93. The van der Waals surface area contributed by atoms with E-state index in [1.807, 2.05) is 24.0 Å². The van der Waals surface area contributed by atoms with Gasteiger partial charge in [-0.05, 0) is 18.9 Å². The molecule has 0 radical (unpaired) electrons. The summed E-state index contributed by atoms with van der Waals surface area (Å²) in [6.45, 7) is 5.17. The van der Waals surface area contributed by atoms with Crippen LogP contribution in [-0.2, 0) is 4.79 Å². The molecule has 1 aliphatic rings. The molecule has 0 bridgehead atoms. The van der Waals surface area contributed by atoms with E-state index >= 15 is 0 Å². The molecular weight excluding hydrogens is 268 g/mol. The van der Waals surface area contributed by atoms with Gasteiger partial charge < -0.3 is 4.90 Å². The quantitative estimate of drug-likeness (QED) is 0.798. The van der Waals surface area contributed by atoms with E-state index in [2.05, 4.69) is 29.8 Å². The number of amides is 1. The number of hydrogen-bond acceptors (Lipinski definition) is 3. The number of unbranched alkanes of at least 4 members (excludes halogenated alkanes) is 1. The van der Waals surface area contributed by atoms with Gasteiger partial charge in [-0.15, -0.1) is 11.8 Å². The maximum Gasteiger partial charge on any atom is 0.226 e. The Balaban J connectivity index is 2.08. The van der Waals surface area contributed by atoms with Crippen molar-refractivity contribution in [1.82, 2.24) is 9.88 Å². The van der Waals surface area contributed by atoms with Crippen molar-refractivity contribution in [2.24, 2.45) is 5.92 Å². The Morgan fingerprint density at radius 1 is 1.55 bits per heavy atom. The average molecular weight is 292 g/mol. The molecule has 20 heavy (non-hydrogen) atoms. The van der Waals surface area contributed by atoms with Crippen molar-refractivity contribution in [1.29, 1.82) is 0 Å². The summed E-state index contributed by atoms with van der Waals surface area (Å²) in [5, 5.41) is 0.159. The predicted molar refractivity (Wildman–Crippen MR) is 84.5 cm³/mol. The lowest BCUT2D eigenvalue weighted by atomic mass is 9.97. The monoisotopic (exact) mass is 292 g/mol. The maximum atomic E-state index is 12.8. The van der Waals surface area contributed by atoms with Crippen molar-refractivity contribution >= 4 is 17.7 Å². The minimum Gasteiger partial charge on any atom is -0.325 e. The lowest BCUT2D eigenvalue weighted by Crippen LogP contribution is -2.35. The second-order valence-electron chi connectivity index (χ2n) is 5.29. The Labute approximate surface area is 126 Å². The number of hydrogen-bond donors (Lipinski definition) is 0. The molecule has 1 aromatic rings. The number of thioether (sulfide) groups is 1. The zero-order valence-electron chi connectivity index (χ0n) is 12.4. The Bertz CT molecular complexity index is 424. The first-order chi connectivity index (χ1) is 9.77. The molecule has 0 spiro atoms. The molecule has 1 amide bonds. The molecule has 0 aliphatic carbocycles. The number of rotatable bonds is 6. The minimum absolute atomic E-state index is 0.159. The number of carbonyl (C=O) groups excluding carboxylic acids is 1. The van der Waals surface area contributed by atoms with Gasteiger partial charge in [0.25, 0.3) is 0 Å². The molecule has 2 rings (SSSR count). The van der Waals surface area contributed by atoms with Gasteiger partial charge >= 0.3 is 0 Å². The molecule has 1 aromatic heterocycles. The fourth-order valence-electron chi connectivity index (χ4n) is 2.68. The van der Waals surface area contributed by atoms with Crippen molar-refractivity contribution in [2.75, 3.05) is 12.3 Å². The van der Waals surface area contributed by atoms with Crippen molar-refractivity contribution in [2.45, 2.75) is 44.9 Å². The average Bonchev–Trinajstić information content (AvgIpc) is 2.98. The van der Waals surface area contributed by atoms with Gasteiger partial charge in [0.2, 0.25) is 5.91 Å². The van der Waals surface area contributed by atoms with Crippen molar-refractivity contribution in [3.8, 4) is 0 Å². The second kappa shape index (κ2) is 7.67. The molecule has 1 aliphatic heterocycles. The summed E-state index contributed by atoms with van der Waals surface area (Å²) in [7, 11) is 0. The van der Waals surface area contributed by atoms with Crippen LogP contribution in [0.2, 0.25) is 0 Å². The second-order valence-corrected chi connectivity index (χ2v) is 6.48. The molecular formula is C16H24N2OS. The van der Waals surface area contributed by atoms with Gasteiger partial charge in [-0.3, -0.25) is 9.78 Å². The van der Waals surface area contributed by atoms with Crippen LogP contribution in [0.15, 0.2) is 24.5 Å². The molecule has 1 saturated heterocycles. The highest BCUT2D eigenvalue weighted by Crippen LogP contribution is 2.38. The summed E-state index contributed by atoms with van der Waals surface area (Å²) in [5.41, 5.74) is 1.15. The summed E-state index contributed by atoms with van der Waals surface area (Å²) < 4.78 is 0. The van der Waals surface area contributed by atoms with Gasteiger partial charge in [-0.25, -0.2) is 0 Å². The lowest BCUT2D eigenvalue weighted by Gasteiger charge is -2.28. The molecule has 2 heterocycles. The minimum atomic E-state index is 0.159. The summed E-state index contributed by atoms with van der Waals surface area (Å²) in [5.74, 6) is 1.54. The van der Waals surface area contributed by atoms with Crippen LogP contribution in [0, 0.1) is 5.92 Å². The molecule has 2 atom stereocenters. The van der Waals surface area contributed by atoms with Crippen LogP contribution in [-0.4, -0.2) is 28.1 Å². The third-order valence-electron chi connectivity index (χ3n) is 3.89. The van der Waals surface area contributed by atoms with Crippen LogP contribution in [0.25, 0.3) is 0 Å². The number of carbonyl (C=O) groups is 1. The Hall–Kier alpha value is -1.03. The van der Waals surface area contributed by atoms with Gasteiger partial charge in [0, 0.05) is 36.2 Å². The van der Waals surface area contributed by atoms with E-state index < -0.39 is 0 Å². The van der Waals surface area contributed by atoms with Crippen LogP contribution >= 0.6 is 11.8 Å². The number of pyridine rings is 1. The summed E-state index contributed by atoms with van der Waals surface area (Å²) >= 11 is 1.85. The zero-order valence-corrected chi connectivity index (χ0v) is 13.2. The van der Waals surface area contributed by atoms with E-state index in [-0.39, 0.29) is 11.3 Å². The maximum absolute atomic E-state index is 12.8. The molecule has 0 N–H and O–H groups in total. The number of aromatic nitrogens is 1. The van der Waals surface area contributed by atoms with Crippen molar-refractivity contribution in [3.05, 3.63) is 30.1 Å². The van der Waals surface area contributed by atoms with Crippen LogP contribution in [0.5, 0.6) is 0 Å². The van der Waals surface area contributed by atoms with Gasteiger partial charge in [0.1, 0.15) is 5.37 Å². The highest BCUT2D eigenvalue weighted by Gasteiger charge is 2.33. The Kier molecular flexibility index (Phi) is 5.89. The van der Waals surface area contributed by atoms with E-state index in [4.69, 9.17) is 0 Å². The molecule has 3 nitrogen and oxygen atoms in total. The summed E-state index contributed by atoms with van der Waals surface area (Å²) in [6.07, 6.45) is 7.93. The van der Waals surface area contributed by atoms with Gasteiger partial charge in [-0.2, -0.15) is 0 Å². The van der Waals surface area contributed by atoms with Gasteiger partial charge in [0.15, 0.2) is 0 Å². The third-order valence-corrected chi connectivity index (χ3v) is 5.15. The normalized spacial score (nSPS) is 20.1. The van der Waals surface area contributed by atoms with Crippen LogP contribution in [0.3, 0.4) is 0 Å². The van der Waals surface area contributed by atoms with Crippen LogP contribution in [0.4, 0.5) is 0 Å². The predicted octanol–water partition coefficient (Wildman–Crippen LogP) is 3.87. The van der Waals surface area contributed by atoms with Crippen LogP contribution in [0.1, 0.15) is 50.5 Å². The highest BCUT2D eigenvalue weighted by atomic mass is 32.2. The topological polar surface area (TPSA) is 33.2 Å². The summed E-state index contributed by atoms with van der Waals surface area (Å²) in [6, 6.07) is 4.02. The first kappa shape index (κ1) is 15.4. The first-order valence-electron chi connectivity index (χ1n) is 7.60. The van der Waals surface area contributed by atoms with E-state index in [1.165, 1.54) is 0 Å². The van der Waals surface area contributed by atoms with E-state index in [0.29, 0.717) is 5.91 Å². The Morgan fingerprint density at radius 3 is 3.05 bits per heavy atom. The highest BCUT2D eigenvalue weighted by molar-refractivity contribution is 7.99. The molecule has 110 valence electrons. The standard InChI is InChI=1S/C16H24N2OS/c1-3-5-7-13(4-2)15(19)18-10-11-20-16(18)14-8-6-9-17-12-14/h6,8-9,12-13,16H,3-5,7,10-11H2,1-2H3/t13-,16+/m0/s1. The van der Waals surface area contributed by atoms with E-state index in [0.717, 1.165) is 43.5 Å². The lowest BCUT2D eigenvalue weighted by molar-refractivity contribution is -0.136. The Morgan fingerprint density at radius 2 is 2.40 bits per heavy atom.